The van der Waals surface area contributed by atoms with Gasteiger partial charge in [0.25, 0.3) is 0 Å². The second-order valence-electron chi connectivity index (χ2n) is 10.0. The topological polar surface area (TPSA) is 58.0 Å². The van der Waals surface area contributed by atoms with Crippen LogP contribution in [0.5, 0.6) is 0 Å². The van der Waals surface area contributed by atoms with Gasteiger partial charge in [-0.25, -0.2) is 0 Å². The van der Waals surface area contributed by atoms with Gasteiger partial charge in [0.1, 0.15) is 0 Å². The van der Waals surface area contributed by atoms with Crippen LogP contribution < -0.4 is 0 Å². The summed E-state index contributed by atoms with van der Waals surface area (Å²) in [5, 5.41) is 3.82. The van der Waals surface area contributed by atoms with Gasteiger partial charge in [0.2, 0.25) is 0 Å². The summed E-state index contributed by atoms with van der Waals surface area (Å²) in [7, 11) is 0. The fourth-order valence-electron chi connectivity index (χ4n) is 4.18. The smallest absolute Gasteiger partial charge is 0.158 e. The molecular formula is C27H47N3O. The lowest BCUT2D eigenvalue weighted by molar-refractivity contribution is 0.103. The predicted molar refractivity (Wildman–Crippen MR) is 134 cm³/mol. The average Bonchev–Trinajstić information content (AvgIpc) is 2.73. The van der Waals surface area contributed by atoms with E-state index >= 15 is 0 Å². The van der Waals surface area contributed by atoms with E-state index in [1.807, 2.05) is 12.2 Å². The standard InChI is InChI=1S/C27H47N3O/c1-22(2)12-9-13-23(3)14-10-15-24(4)16-11-17-25(5)20-21-31-27(29-30-28)26-18-7-6-8-19-26/h6-7,18,20,22-24,27H,8-17,19,21H2,1-5H3/b25-20+/t23-,24-,27?/m1/s1. The highest BCUT2D eigenvalue weighted by Crippen LogP contribution is 2.22. The normalized spacial score (nSPS) is 17.2. The van der Waals surface area contributed by atoms with E-state index in [0.29, 0.717) is 6.61 Å². The minimum Gasteiger partial charge on any atom is -0.364 e. The summed E-state index contributed by atoms with van der Waals surface area (Å²) in [6.07, 6.45) is 21.6. The van der Waals surface area contributed by atoms with Gasteiger partial charge in [-0.3, -0.25) is 0 Å². The van der Waals surface area contributed by atoms with E-state index < -0.39 is 6.23 Å². The van der Waals surface area contributed by atoms with E-state index in [0.717, 1.165) is 42.6 Å². The van der Waals surface area contributed by atoms with Crippen LogP contribution in [0.4, 0.5) is 0 Å². The van der Waals surface area contributed by atoms with Crippen molar-refractivity contribution in [3.63, 3.8) is 0 Å². The van der Waals surface area contributed by atoms with Gasteiger partial charge in [0.15, 0.2) is 6.23 Å². The number of hydrogen-bond donors (Lipinski definition) is 0. The lowest BCUT2D eigenvalue weighted by atomic mass is 9.91. The van der Waals surface area contributed by atoms with E-state index in [-0.39, 0.29) is 0 Å². The molecule has 0 spiro atoms. The zero-order valence-corrected chi connectivity index (χ0v) is 20.9. The minimum atomic E-state index is -0.480. The molecule has 0 aliphatic heterocycles. The van der Waals surface area contributed by atoms with Crippen molar-refractivity contribution in [2.24, 2.45) is 22.9 Å². The van der Waals surface area contributed by atoms with Gasteiger partial charge in [-0.2, -0.15) is 0 Å². The predicted octanol–water partition coefficient (Wildman–Crippen LogP) is 9.30. The van der Waals surface area contributed by atoms with Crippen molar-refractivity contribution in [2.75, 3.05) is 6.61 Å². The molecule has 0 bridgehead atoms. The summed E-state index contributed by atoms with van der Waals surface area (Å²) in [4.78, 5) is 2.95. The van der Waals surface area contributed by atoms with Crippen molar-refractivity contribution in [1.82, 2.24) is 0 Å². The third kappa shape index (κ3) is 14.2. The third-order valence-electron chi connectivity index (χ3n) is 6.35. The summed E-state index contributed by atoms with van der Waals surface area (Å²) < 4.78 is 5.84. The Hall–Kier alpha value is -1.51. The van der Waals surface area contributed by atoms with Crippen LogP contribution in [0, 0.1) is 17.8 Å². The van der Waals surface area contributed by atoms with Gasteiger partial charge in [-0.15, -0.1) is 0 Å². The summed E-state index contributed by atoms with van der Waals surface area (Å²) in [5.74, 6) is 2.54. The SMILES string of the molecule is C/C(=C\COC(N=[N+]=[N-])C1=CC=CCC1)CCC[C@H](C)CCC[C@H](C)CCCC(C)C. The van der Waals surface area contributed by atoms with Gasteiger partial charge in [-0.05, 0) is 61.5 Å². The van der Waals surface area contributed by atoms with Crippen molar-refractivity contribution in [2.45, 2.75) is 111 Å². The van der Waals surface area contributed by atoms with E-state index in [4.69, 9.17) is 10.3 Å². The van der Waals surface area contributed by atoms with Gasteiger partial charge in [0.05, 0.1) is 6.61 Å². The summed E-state index contributed by atoms with van der Waals surface area (Å²) in [5.41, 5.74) is 11.2. The van der Waals surface area contributed by atoms with Gasteiger partial charge in [-0.1, -0.05) is 108 Å². The van der Waals surface area contributed by atoms with Gasteiger partial charge >= 0.3 is 0 Å². The van der Waals surface area contributed by atoms with Crippen LogP contribution >= 0.6 is 0 Å². The van der Waals surface area contributed by atoms with E-state index in [1.165, 1.54) is 56.9 Å². The molecule has 0 amide bonds. The molecule has 0 saturated carbocycles. The van der Waals surface area contributed by atoms with E-state index in [1.54, 1.807) is 0 Å². The van der Waals surface area contributed by atoms with E-state index in [2.05, 4.69) is 56.8 Å². The molecule has 0 N–H and O–H groups in total. The quantitative estimate of drug-likeness (QED) is 0.0983. The van der Waals surface area contributed by atoms with Crippen molar-refractivity contribution in [1.29, 1.82) is 0 Å². The van der Waals surface area contributed by atoms with Crippen LogP contribution in [-0.2, 0) is 4.74 Å². The first kappa shape index (κ1) is 27.5. The Kier molecular flexibility index (Phi) is 15.2. The van der Waals surface area contributed by atoms with Gasteiger partial charge < -0.3 is 4.74 Å². The molecule has 4 nitrogen and oxygen atoms in total. The molecule has 176 valence electrons. The molecule has 1 aliphatic carbocycles. The van der Waals surface area contributed by atoms with Gasteiger partial charge in [0, 0.05) is 4.91 Å². The zero-order valence-electron chi connectivity index (χ0n) is 20.9. The molecule has 3 atom stereocenters. The summed E-state index contributed by atoms with van der Waals surface area (Å²) >= 11 is 0. The Morgan fingerprint density at radius 3 is 2.29 bits per heavy atom. The first-order chi connectivity index (χ1) is 14.9. The molecule has 0 heterocycles. The molecule has 0 aromatic rings. The number of ether oxygens (including phenoxy) is 1. The molecule has 0 radical (unpaired) electrons. The molecular weight excluding hydrogens is 382 g/mol. The van der Waals surface area contributed by atoms with Crippen molar-refractivity contribution in [3.05, 3.63) is 45.9 Å². The first-order valence-electron chi connectivity index (χ1n) is 12.6. The monoisotopic (exact) mass is 429 g/mol. The van der Waals surface area contributed by atoms with E-state index in [9.17, 15) is 0 Å². The largest absolute Gasteiger partial charge is 0.364 e. The molecule has 1 unspecified atom stereocenters. The number of rotatable bonds is 17. The Bertz CT molecular complexity index is 614. The average molecular weight is 430 g/mol. The summed E-state index contributed by atoms with van der Waals surface area (Å²) in [6, 6.07) is 0. The maximum absolute atomic E-state index is 8.81. The highest BCUT2D eigenvalue weighted by atomic mass is 16.5. The van der Waals surface area contributed by atoms with Crippen LogP contribution in [0.2, 0.25) is 0 Å². The third-order valence-corrected chi connectivity index (χ3v) is 6.35. The molecule has 31 heavy (non-hydrogen) atoms. The second-order valence-corrected chi connectivity index (χ2v) is 10.0. The molecule has 0 aromatic heterocycles. The molecule has 4 heteroatoms. The maximum atomic E-state index is 8.81. The molecule has 1 rings (SSSR count). The highest BCUT2D eigenvalue weighted by Gasteiger charge is 2.13. The second kappa shape index (κ2) is 17.1. The number of hydrogen-bond acceptors (Lipinski definition) is 2. The summed E-state index contributed by atoms with van der Waals surface area (Å²) in [6.45, 7) is 12.2. The first-order valence-corrected chi connectivity index (χ1v) is 12.6. The van der Waals surface area contributed by atoms with Crippen LogP contribution in [0.25, 0.3) is 10.4 Å². The molecule has 0 saturated heterocycles. The van der Waals surface area contributed by atoms with Crippen LogP contribution in [0.15, 0.2) is 40.6 Å². The molecule has 0 aromatic carbocycles. The number of nitrogens with zero attached hydrogens (tertiary/aromatic N) is 3. The maximum Gasteiger partial charge on any atom is 0.158 e. The van der Waals surface area contributed by atoms with Crippen LogP contribution in [-0.4, -0.2) is 12.8 Å². The van der Waals surface area contributed by atoms with Crippen LogP contribution in [0.3, 0.4) is 0 Å². The number of azide groups is 1. The van der Waals surface area contributed by atoms with Crippen molar-refractivity contribution < 1.29 is 4.74 Å². The van der Waals surface area contributed by atoms with Crippen LogP contribution in [0.1, 0.15) is 105 Å². The van der Waals surface area contributed by atoms with Crippen molar-refractivity contribution >= 4 is 0 Å². The number of allylic oxidation sites excluding steroid dienone is 4. The Morgan fingerprint density at radius 1 is 1.06 bits per heavy atom. The Morgan fingerprint density at radius 2 is 1.71 bits per heavy atom. The van der Waals surface area contributed by atoms with Crippen molar-refractivity contribution in [3.8, 4) is 0 Å². The fourth-order valence-corrected chi connectivity index (χ4v) is 4.18. The minimum absolute atomic E-state index is 0.480. The fraction of sp³-hybridized carbons (Fsp3) is 0.778. The lowest BCUT2D eigenvalue weighted by Gasteiger charge is -2.17. The highest BCUT2D eigenvalue weighted by molar-refractivity contribution is 5.20. The Labute approximate surface area is 191 Å². The molecule has 1 aliphatic rings. The zero-order chi connectivity index (χ0) is 22.9. The lowest BCUT2D eigenvalue weighted by Crippen LogP contribution is -2.14. The Balaban J connectivity index is 2.17. The molecule has 0 fully saturated rings.